The predicted molar refractivity (Wildman–Crippen MR) is 152 cm³/mol. The van der Waals surface area contributed by atoms with Crippen LogP contribution in [0.4, 0.5) is 9.59 Å². The minimum atomic E-state index is -0.825. The topological polar surface area (TPSA) is 85.4 Å². The second-order valence-electron chi connectivity index (χ2n) is 11.5. The maximum absolute atomic E-state index is 14.3. The van der Waals surface area contributed by atoms with E-state index in [0.717, 1.165) is 31.2 Å². The molecule has 0 aromatic heterocycles. The second kappa shape index (κ2) is 13.0. The van der Waals surface area contributed by atoms with Gasteiger partial charge in [0.25, 0.3) is 0 Å². The van der Waals surface area contributed by atoms with Crippen molar-refractivity contribution in [2.45, 2.75) is 82.6 Å². The number of rotatable bonds is 8. The second-order valence-corrected chi connectivity index (χ2v) is 12.0. The van der Waals surface area contributed by atoms with E-state index in [9.17, 15) is 14.4 Å². The Morgan fingerprint density at radius 3 is 2.30 bits per heavy atom. The zero-order valence-corrected chi connectivity index (χ0v) is 24.4. The number of ether oxygens (including phenoxy) is 3. The van der Waals surface area contributed by atoms with E-state index in [4.69, 9.17) is 25.8 Å². The fraction of sp³-hybridized carbons (Fsp3) is 0.516. The molecule has 2 atom stereocenters. The fourth-order valence-corrected chi connectivity index (χ4v) is 5.56. The van der Waals surface area contributed by atoms with Crippen molar-refractivity contribution in [1.29, 1.82) is 0 Å². The minimum absolute atomic E-state index is 0.0551. The lowest BCUT2D eigenvalue weighted by atomic mass is 9.90. The molecule has 1 aliphatic heterocycles. The number of carbonyl (C=O) groups is 3. The number of cyclic esters (lactones) is 1. The zero-order chi connectivity index (χ0) is 28.9. The van der Waals surface area contributed by atoms with E-state index in [2.05, 4.69) is 0 Å². The zero-order valence-electron chi connectivity index (χ0n) is 23.7. The van der Waals surface area contributed by atoms with Crippen LogP contribution in [0.1, 0.15) is 63.5 Å². The van der Waals surface area contributed by atoms with Gasteiger partial charge < -0.3 is 19.1 Å². The Kier molecular flexibility index (Phi) is 9.74. The number of nitrogens with zero attached hydrogens (tertiary/aromatic N) is 2. The molecule has 8 nitrogen and oxygen atoms in total. The average molecular weight is 571 g/mol. The predicted octanol–water partition coefficient (Wildman–Crippen LogP) is 6.21. The van der Waals surface area contributed by atoms with Crippen molar-refractivity contribution < 1.29 is 28.6 Å². The highest BCUT2D eigenvalue weighted by Crippen LogP contribution is 2.32. The Morgan fingerprint density at radius 2 is 1.70 bits per heavy atom. The largest absolute Gasteiger partial charge is 0.447 e. The normalized spacial score (nSPS) is 22.0. The van der Waals surface area contributed by atoms with Crippen molar-refractivity contribution in [3.05, 3.63) is 70.7 Å². The fourth-order valence-electron chi connectivity index (χ4n) is 5.44. The number of carbonyl (C=O) groups excluding carboxylic acids is 3. The molecule has 1 saturated heterocycles. The molecule has 2 aromatic rings. The first-order valence-electron chi connectivity index (χ1n) is 13.9. The van der Waals surface area contributed by atoms with Gasteiger partial charge in [-0.25, -0.2) is 14.5 Å². The summed E-state index contributed by atoms with van der Waals surface area (Å²) in [7, 11) is 1.70. The number of halogens is 1. The van der Waals surface area contributed by atoms with Gasteiger partial charge in [0.2, 0.25) is 5.91 Å². The Labute approximate surface area is 241 Å². The third-order valence-electron chi connectivity index (χ3n) is 7.51. The lowest BCUT2D eigenvalue weighted by Crippen LogP contribution is -2.50. The van der Waals surface area contributed by atoms with Gasteiger partial charge in [-0.2, -0.15) is 0 Å². The smallest absolute Gasteiger partial charge is 0.417 e. The Morgan fingerprint density at radius 1 is 1.05 bits per heavy atom. The van der Waals surface area contributed by atoms with Crippen LogP contribution in [0.25, 0.3) is 0 Å². The quantitative estimate of drug-likeness (QED) is 0.375. The van der Waals surface area contributed by atoms with E-state index < -0.39 is 35.7 Å². The summed E-state index contributed by atoms with van der Waals surface area (Å²) >= 11 is 6.17. The number of benzene rings is 2. The molecule has 0 N–H and O–H groups in total. The molecule has 1 aliphatic carbocycles. The van der Waals surface area contributed by atoms with Gasteiger partial charge >= 0.3 is 12.2 Å². The third-order valence-corrected chi connectivity index (χ3v) is 7.76. The van der Waals surface area contributed by atoms with E-state index in [1.165, 1.54) is 4.90 Å². The monoisotopic (exact) mass is 570 g/mol. The van der Waals surface area contributed by atoms with Crippen LogP contribution in [0.15, 0.2) is 54.6 Å². The van der Waals surface area contributed by atoms with Crippen LogP contribution < -0.4 is 0 Å². The van der Waals surface area contributed by atoms with Crippen molar-refractivity contribution >= 4 is 29.7 Å². The van der Waals surface area contributed by atoms with Crippen LogP contribution >= 0.6 is 11.6 Å². The highest BCUT2D eigenvalue weighted by molar-refractivity contribution is 6.30. The molecule has 3 amide bonds. The summed E-state index contributed by atoms with van der Waals surface area (Å²) in [6, 6.07) is 16.1. The van der Waals surface area contributed by atoms with Crippen LogP contribution in [0.3, 0.4) is 0 Å². The van der Waals surface area contributed by atoms with E-state index in [0.29, 0.717) is 17.0 Å². The molecule has 2 aromatic carbocycles. The van der Waals surface area contributed by atoms with E-state index in [-0.39, 0.29) is 25.3 Å². The van der Waals surface area contributed by atoms with Crippen molar-refractivity contribution in [1.82, 2.24) is 9.80 Å². The summed E-state index contributed by atoms with van der Waals surface area (Å²) < 4.78 is 16.7. The van der Waals surface area contributed by atoms with E-state index >= 15 is 0 Å². The van der Waals surface area contributed by atoms with Crippen LogP contribution in [-0.2, 0) is 25.4 Å². The van der Waals surface area contributed by atoms with Gasteiger partial charge in [-0.3, -0.25) is 4.79 Å². The summed E-state index contributed by atoms with van der Waals surface area (Å²) in [4.78, 5) is 43.7. The molecular formula is C31H39ClN2O6. The Bertz CT molecular complexity index is 1160. The molecule has 0 bridgehead atoms. The molecule has 0 spiro atoms. The minimum Gasteiger partial charge on any atom is -0.447 e. The van der Waals surface area contributed by atoms with Gasteiger partial charge in [0.1, 0.15) is 12.2 Å². The first-order valence-corrected chi connectivity index (χ1v) is 14.2. The molecule has 1 saturated carbocycles. The van der Waals surface area contributed by atoms with Gasteiger partial charge in [-0.15, -0.1) is 0 Å². The van der Waals surface area contributed by atoms with Crippen LogP contribution in [-0.4, -0.2) is 71.9 Å². The molecule has 9 heteroatoms. The number of hydrogen-bond donors (Lipinski definition) is 0. The van der Waals surface area contributed by atoms with Crippen molar-refractivity contribution in [2.75, 3.05) is 20.3 Å². The van der Waals surface area contributed by atoms with Gasteiger partial charge in [0.15, 0.2) is 0 Å². The van der Waals surface area contributed by atoms with Gasteiger partial charge in [-0.1, -0.05) is 54.1 Å². The molecule has 2 aliphatic rings. The van der Waals surface area contributed by atoms with Crippen LogP contribution in [0.5, 0.6) is 0 Å². The maximum atomic E-state index is 14.3. The SMILES string of the molecule is COC1CCC(N(C[C@@H](C(=O)N2C(=O)OC[C@H]2Cc2ccccc2)c2ccc(Cl)cc2)C(=O)OC(C)(C)C)CC1. The first kappa shape index (κ1) is 29.9. The molecule has 2 fully saturated rings. The van der Waals surface area contributed by atoms with E-state index in [1.807, 2.05) is 51.1 Å². The molecule has 1 heterocycles. The molecule has 0 unspecified atom stereocenters. The lowest BCUT2D eigenvalue weighted by Gasteiger charge is -2.39. The lowest BCUT2D eigenvalue weighted by molar-refractivity contribution is -0.131. The standard InChI is InChI=1S/C31H39ClN2O6/c1-31(2,3)40-29(36)33(24-14-16-26(38-4)17-15-24)19-27(22-10-12-23(32)13-11-22)28(35)34-25(20-39-30(34)37)18-21-8-6-5-7-9-21/h5-13,24-27H,14-20H2,1-4H3/t24?,25-,26?,27-/m1/s1. The summed E-state index contributed by atoms with van der Waals surface area (Å²) in [5, 5.41) is 0.527. The summed E-state index contributed by atoms with van der Waals surface area (Å²) in [6.07, 6.45) is 2.52. The first-order chi connectivity index (χ1) is 19.1. The van der Waals surface area contributed by atoms with Crippen LogP contribution in [0, 0.1) is 0 Å². The number of imide groups is 1. The average Bonchev–Trinajstić information content (AvgIpc) is 3.28. The maximum Gasteiger partial charge on any atom is 0.417 e. The highest BCUT2D eigenvalue weighted by atomic mass is 35.5. The molecule has 40 heavy (non-hydrogen) atoms. The highest BCUT2D eigenvalue weighted by Gasteiger charge is 2.43. The Balaban J connectivity index is 1.66. The third kappa shape index (κ3) is 7.55. The van der Waals surface area contributed by atoms with Crippen molar-refractivity contribution in [3.8, 4) is 0 Å². The van der Waals surface area contributed by atoms with Crippen LogP contribution in [0.2, 0.25) is 5.02 Å². The Hall–Kier alpha value is -3.10. The summed E-state index contributed by atoms with van der Waals surface area (Å²) in [5.74, 6) is -1.24. The van der Waals surface area contributed by atoms with Crippen molar-refractivity contribution in [3.63, 3.8) is 0 Å². The molecular weight excluding hydrogens is 532 g/mol. The summed E-state index contributed by atoms with van der Waals surface area (Å²) in [6.45, 7) is 5.63. The number of methoxy groups -OCH3 is 1. The van der Waals surface area contributed by atoms with Gasteiger partial charge in [-0.05, 0) is 76.1 Å². The molecule has 4 rings (SSSR count). The summed E-state index contributed by atoms with van der Waals surface area (Å²) in [5.41, 5.74) is 0.946. The van der Waals surface area contributed by atoms with Gasteiger partial charge in [0.05, 0.1) is 18.1 Å². The number of amides is 3. The van der Waals surface area contributed by atoms with Crippen molar-refractivity contribution in [2.24, 2.45) is 0 Å². The van der Waals surface area contributed by atoms with E-state index in [1.54, 1.807) is 36.3 Å². The van der Waals surface area contributed by atoms with Gasteiger partial charge in [0, 0.05) is 24.7 Å². The molecule has 216 valence electrons. The molecule has 0 radical (unpaired) electrons. The number of hydrogen-bond acceptors (Lipinski definition) is 6.